The Morgan fingerprint density at radius 1 is 1.13 bits per heavy atom. The SMILES string of the molecule is CC(C)(O)[C@H](O)CCn1cc(C(=O)COc2cc3ccc(Cl)cc3cc2C(N)O)c2ccc(C3CC3)cc21. The lowest BCUT2D eigenvalue weighted by Gasteiger charge is -2.24. The molecule has 0 saturated heterocycles. The van der Waals surface area contributed by atoms with Gasteiger partial charge in [0.05, 0.1) is 11.7 Å². The molecule has 0 radical (unpaired) electrons. The van der Waals surface area contributed by atoms with Gasteiger partial charge in [-0.25, -0.2) is 0 Å². The molecule has 1 fully saturated rings. The van der Waals surface area contributed by atoms with Crippen molar-refractivity contribution < 1.29 is 24.9 Å². The molecule has 1 heterocycles. The fourth-order valence-corrected chi connectivity index (χ4v) is 5.02. The Morgan fingerprint density at radius 2 is 1.89 bits per heavy atom. The highest BCUT2D eigenvalue weighted by atomic mass is 35.5. The van der Waals surface area contributed by atoms with Crippen LogP contribution in [-0.2, 0) is 6.54 Å². The highest BCUT2D eigenvalue weighted by Crippen LogP contribution is 2.41. The Balaban J connectivity index is 1.43. The summed E-state index contributed by atoms with van der Waals surface area (Å²) >= 11 is 6.10. The molecule has 7 nitrogen and oxygen atoms in total. The number of hydrogen-bond acceptors (Lipinski definition) is 6. The molecule has 1 aliphatic carbocycles. The highest BCUT2D eigenvalue weighted by molar-refractivity contribution is 6.31. The number of Topliss-reactive ketones (excluding diaryl/α,β-unsaturated/α-hetero) is 1. The third-order valence-corrected chi connectivity index (χ3v) is 7.56. The third-order valence-electron chi connectivity index (χ3n) is 7.32. The van der Waals surface area contributed by atoms with E-state index >= 15 is 0 Å². The zero-order valence-electron chi connectivity index (χ0n) is 21.5. The van der Waals surface area contributed by atoms with Crippen molar-refractivity contribution >= 4 is 39.1 Å². The molecular formula is C30H33ClN2O5. The van der Waals surface area contributed by atoms with Crippen molar-refractivity contribution in [3.8, 4) is 5.75 Å². The molecule has 0 bridgehead atoms. The second kappa shape index (κ2) is 10.3. The Hall–Kier alpha value is -2.94. The van der Waals surface area contributed by atoms with Crippen LogP contribution < -0.4 is 10.5 Å². The lowest BCUT2D eigenvalue weighted by atomic mass is 9.99. The van der Waals surface area contributed by atoms with Gasteiger partial charge in [0.25, 0.3) is 0 Å². The lowest BCUT2D eigenvalue weighted by molar-refractivity contribution is -0.0527. The van der Waals surface area contributed by atoms with Crippen LogP contribution in [-0.4, -0.2) is 44.0 Å². The predicted octanol–water partition coefficient (Wildman–Crippen LogP) is 5.06. The van der Waals surface area contributed by atoms with E-state index in [1.165, 1.54) is 5.56 Å². The van der Waals surface area contributed by atoms with E-state index in [4.69, 9.17) is 22.1 Å². The zero-order valence-corrected chi connectivity index (χ0v) is 22.3. The molecule has 38 heavy (non-hydrogen) atoms. The molecule has 5 N–H and O–H groups in total. The smallest absolute Gasteiger partial charge is 0.202 e. The van der Waals surface area contributed by atoms with Crippen LogP contribution in [0.4, 0.5) is 0 Å². The number of ketones is 1. The molecule has 4 aromatic rings. The summed E-state index contributed by atoms with van der Waals surface area (Å²) in [6.45, 7) is 3.36. The summed E-state index contributed by atoms with van der Waals surface area (Å²) in [4.78, 5) is 13.4. The molecule has 1 unspecified atom stereocenters. The standard InChI is InChI=1S/C30H33ClN2O5/c1-30(2,37)28(35)9-10-33-15-24(22-8-6-18(13-25(22)33)17-3-4-17)26(34)16-38-27-14-19-5-7-21(31)11-20(19)12-23(27)29(32)36/h5-8,11-15,17,28-29,35-37H,3-4,9-10,16,32H2,1-2H3/t28-,29?/m1/s1. The molecule has 1 saturated carbocycles. The number of nitrogens with zero attached hydrogens (tertiary/aromatic N) is 1. The number of aryl methyl sites for hydroxylation is 1. The summed E-state index contributed by atoms with van der Waals surface area (Å²) in [7, 11) is 0. The van der Waals surface area contributed by atoms with E-state index in [0.717, 1.165) is 34.5 Å². The number of aromatic nitrogens is 1. The molecule has 8 heteroatoms. The molecule has 0 spiro atoms. The quantitative estimate of drug-likeness (QED) is 0.166. The number of aliphatic hydroxyl groups is 3. The van der Waals surface area contributed by atoms with Crippen molar-refractivity contribution in [2.24, 2.45) is 5.73 Å². The van der Waals surface area contributed by atoms with E-state index < -0.39 is 17.9 Å². The fraction of sp³-hybridized carbons (Fsp3) is 0.367. The maximum Gasteiger partial charge on any atom is 0.202 e. The normalized spacial score (nSPS) is 15.7. The number of ether oxygens (including phenoxy) is 1. The van der Waals surface area contributed by atoms with E-state index in [1.807, 2.05) is 16.7 Å². The largest absolute Gasteiger partial charge is 0.485 e. The second-order valence-electron chi connectivity index (χ2n) is 10.8. The van der Waals surface area contributed by atoms with E-state index in [-0.39, 0.29) is 12.4 Å². The average molecular weight is 537 g/mol. The summed E-state index contributed by atoms with van der Waals surface area (Å²) in [5.41, 5.74) is 7.61. The molecule has 5 rings (SSSR count). The Morgan fingerprint density at radius 3 is 2.58 bits per heavy atom. The highest BCUT2D eigenvalue weighted by Gasteiger charge is 2.27. The first kappa shape index (κ1) is 26.7. The second-order valence-corrected chi connectivity index (χ2v) is 11.2. The van der Waals surface area contributed by atoms with Crippen LogP contribution in [0.15, 0.2) is 54.7 Å². The molecule has 200 valence electrons. The van der Waals surface area contributed by atoms with Crippen LogP contribution >= 0.6 is 11.6 Å². The van der Waals surface area contributed by atoms with Gasteiger partial charge in [-0.3, -0.25) is 4.79 Å². The summed E-state index contributed by atoms with van der Waals surface area (Å²) in [6, 6.07) is 15.0. The van der Waals surface area contributed by atoms with Gasteiger partial charge < -0.3 is 30.4 Å². The van der Waals surface area contributed by atoms with Crippen molar-refractivity contribution in [3.05, 3.63) is 76.4 Å². The van der Waals surface area contributed by atoms with E-state index in [9.17, 15) is 20.1 Å². The summed E-state index contributed by atoms with van der Waals surface area (Å²) in [6.07, 6.45) is 2.27. The van der Waals surface area contributed by atoms with E-state index in [0.29, 0.717) is 40.8 Å². The lowest BCUT2D eigenvalue weighted by Crippen LogP contribution is -2.36. The number of fused-ring (bicyclic) bond motifs is 2. The van der Waals surface area contributed by atoms with Gasteiger partial charge in [0.2, 0.25) is 5.78 Å². The number of carbonyl (C=O) groups is 1. The van der Waals surface area contributed by atoms with Crippen molar-refractivity contribution in [2.75, 3.05) is 6.61 Å². The summed E-state index contributed by atoms with van der Waals surface area (Å²) in [5.74, 6) is 0.664. The molecule has 0 aliphatic heterocycles. The number of carbonyl (C=O) groups excluding carboxylic acids is 1. The molecule has 1 aliphatic rings. The molecule has 0 amide bonds. The van der Waals surface area contributed by atoms with Gasteiger partial charge in [0.1, 0.15) is 12.0 Å². The van der Waals surface area contributed by atoms with Crippen LogP contribution in [0.3, 0.4) is 0 Å². The van der Waals surface area contributed by atoms with Gasteiger partial charge in [-0.1, -0.05) is 29.8 Å². The van der Waals surface area contributed by atoms with Crippen LogP contribution in [0.2, 0.25) is 5.02 Å². The number of rotatable bonds is 10. The van der Waals surface area contributed by atoms with Crippen LogP contribution in [0.25, 0.3) is 21.7 Å². The Kier molecular flexibility index (Phi) is 7.24. The predicted molar refractivity (Wildman–Crippen MR) is 149 cm³/mol. The van der Waals surface area contributed by atoms with Gasteiger partial charge in [-0.05, 0) is 85.7 Å². The maximum atomic E-state index is 13.4. The molecule has 2 atom stereocenters. The van der Waals surface area contributed by atoms with Gasteiger partial charge in [0.15, 0.2) is 6.61 Å². The third kappa shape index (κ3) is 5.58. The first-order valence-corrected chi connectivity index (χ1v) is 13.2. The average Bonchev–Trinajstić information content (AvgIpc) is 3.66. The van der Waals surface area contributed by atoms with Crippen molar-refractivity contribution in [3.63, 3.8) is 0 Å². The monoisotopic (exact) mass is 536 g/mol. The van der Waals surface area contributed by atoms with E-state index in [1.54, 1.807) is 44.3 Å². The van der Waals surface area contributed by atoms with Crippen LogP contribution in [0.5, 0.6) is 5.75 Å². The number of halogens is 1. The maximum absolute atomic E-state index is 13.4. The van der Waals surface area contributed by atoms with Crippen molar-refractivity contribution in [2.45, 2.75) is 63.5 Å². The van der Waals surface area contributed by atoms with Gasteiger partial charge in [0, 0.05) is 39.8 Å². The van der Waals surface area contributed by atoms with Crippen LogP contribution in [0, 0.1) is 0 Å². The molecule has 3 aromatic carbocycles. The van der Waals surface area contributed by atoms with Gasteiger partial charge >= 0.3 is 0 Å². The van der Waals surface area contributed by atoms with E-state index in [2.05, 4.69) is 12.1 Å². The number of hydrogen-bond donors (Lipinski definition) is 4. The fourth-order valence-electron chi connectivity index (χ4n) is 4.84. The number of nitrogens with two attached hydrogens (primary N) is 1. The Bertz CT molecular complexity index is 1500. The first-order valence-electron chi connectivity index (χ1n) is 12.9. The Labute approximate surface area is 226 Å². The van der Waals surface area contributed by atoms with Crippen molar-refractivity contribution in [1.82, 2.24) is 4.57 Å². The zero-order chi connectivity index (χ0) is 27.2. The first-order chi connectivity index (χ1) is 18.0. The summed E-state index contributed by atoms with van der Waals surface area (Å²) < 4.78 is 7.89. The minimum atomic E-state index is -1.28. The van der Waals surface area contributed by atoms with Gasteiger partial charge in [-0.2, -0.15) is 0 Å². The molecular weight excluding hydrogens is 504 g/mol. The number of aliphatic hydroxyl groups excluding tert-OH is 2. The minimum Gasteiger partial charge on any atom is -0.485 e. The summed E-state index contributed by atoms with van der Waals surface area (Å²) in [5, 5.41) is 33.7. The minimum absolute atomic E-state index is 0.218. The van der Waals surface area contributed by atoms with Gasteiger partial charge in [-0.15, -0.1) is 0 Å². The number of benzene rings is 3. The van der Waals surface area contributed by atoms with Crippen LogP contribution in [0.1, 0.15) is 66.7 Å². The topological polar surface area (TPSA) is 118 Å². The van der Waals surface area contributed by atoms with Crippen molar-refractivity contribution in [1.29, 1.82) is 0 Å². The molecule has 1 aromatic heterocycles.